The largest absolute Gasteiger partial charge is 0.379 e. The number of aryl methyl sites for hydroxylation is 1. The van der Waals surface area contributed by atoms with E-state index in [1.165, 1.54) is 4.68 Å². The number of hydrogen-bond donors (Lipinski definition) is 1. The molecule has 1 aromatic heterocycles. The van der Waals surface area contributed by atoms with Crippen LogP contribution in [0.15, 0.2) is 11.0 Å². The molecule has 0 aliphatic rings. The molecule has 0 aliphatic carbocycles. The first-order valence-corrected chi connectivity index (χ1v) is 7.88. The molecule has 1 unspecified atom stereocenters. The van der Waals surface area contributed by atoms with E-state index >= 15 is 0 Å². The van der Waals surface area contributed by atoms with Crippen molar-refractivity contribution in [3.05, 3.63) is 21.6 Å². The number of nitrogens with one attached hydrogen (secondary N) is 1. The monoisotopic (exact) mass is 289 g/mol. The lowest BCUT2D eigenvalue weighted by Gasteiger charge is -2.15. The standard InChI is InChI=1S/C12H20ClN3OS/c1-4-5-6-16-12(17)11(13)10(7-14-16)15-9(2)8-18-3/h7,9,15H,4-6,8H2,1-3H3. The van der Waals surface area contributed by atoms with E-state index in [9.17, 15) is 4.79 Å². The Morgan fingerprint density at radius 1 is 1.61 bits per heavy atom. The molecule has 1 N–H and O–H groups in total. The number of nitrogens with zero attached hydrogens (tertiary/aromatic N) is 2. The zero-order chi connectivity index (χ0) is 13.5. The van der Waals surface area contributed by atoms with Crippen molar-refractivity contribution >= 4 is 29.1 Å². The molecule has 0 saturated carbocycles. The van der Waals surface area contributed by atoms with E-state index in [1.54, 1.807) is 18.0 Å². The molecule has 1 rings (SSSR count). The lowest BCUT2D eigenvalue weighted by Crippen LogP contribution is -2.26. The fourth-order valence-corrected chi connectivity index (χ4v) is 2.37. The van der Waals surface area contributed by atoms with Crippen molar-refractivity contribution in [2.75, 3.05) is 17.3 Å². The first-order valence-electron chi connectivity index (χ1n) is 6.11. The molecule has 0 aliphatic heterocycles. The molecule has 1 aromatic rings. The molecule has 0 radical (unpaired) electrons. The lowest BCUT2D eigenvalue weighted by atomic mass is 10.3. The predicted octanol–water partition coefficient (Wildman–Crippen LogP) is 2.86. The number of hydrogen-bond acceptors (Lipinski definition) is 4. The Kier molecular flexibility index (Phi) is 6.57. The summed E-state index contributed by atoms with van der Waals surface area (Å²) in [5.41, 5.74) is 0.405. The normalized spacial score (nSPS) is 12.4. The second kappa shape index (κ2) is 7.69. The van der Waals surface area contributed by atoms with Crippen LogP contribution in [-0.4, -0.2) is 27.8 Å². The molecule has 1 heterocycles. The molecular formula is C12H20ClN3OS. The molecule has 6 heteroatoms. The van der Waals surface area contributed by atoms with Gasteiger partial charge in [-0.3, -0.25) is 4.79 Å². The summed E-state index contributed by atoms with van der Waals surface area (Å²) >= 11 is 7.82. The summed E-state index contributed by atoms with van der Waals surface area (Å²) in [5.74, 6) is 0.954. The summed E-state index contributed by atoms with van der Waals surface area (Å²) in [6, 6.07) is 0.255. The van der Waals surface area contributed by atoms with Gasteiger partial charge in [0.25, 0.3) is 5.56 Å². The second-order valence-corrected chi connectivity index (χ2v) is 5.54. The molecule has 18 heavy (non-hydrogen) atoms. The van der Waals surface area contributed by atoms with E-state index < -0.39 is 0 Å². The minimum Gasteiger partial charge on any atom is -0.379 e. The van der Waals surface area contributed by atoms with Crippen molar-refractivity contribution in [2.24, 2.45) is 0 Å². The van der Waals surface area contributed by atoms with Gasteiger partial charge in [0.2, 0.25) is 0 Å². The predicted molar refractivity (Wildman–Crippen MR) is 79.9 cm³/mol. The maximum Gasteiger partial charge on any atom is 0.287 e. The van der Waals surface area contributed by atoms with Crippen LogP contribution in [0.3, 0.4) is 0 Å². The van der Waals surface area contributed by atoms with Gasteiger partial charge in [-0.05, 0) is 19.6 Å². The van der Waals surface area contributed by atoms with Crippen molar-refractivity contribution in [1.82, 2.24) is 9.78 Å². The van der Waals surface area contributed by atoms with Crippen LogP contribution in [0.25, 0.3) is 0 Å². The van der Waals surface area contributed by atoms with Crippen LogP contribution in [0.5, 0.6) is 0 Å². The van der Waals surface area contributed by atoms with Gasteiger partial charge < -0.3 is 5.32 Å². The van der Waals surface area contributed by atoms with Gasteiger partial charge in [0, 0.05) is 18.3 Å². The van der Waals surface area contributed by atoms with Crippen LogP contribution in [0.4, 0.5) is 5.69 Å². The molecule has 0 spiro atoms. The molecule has 0 bridgehead atoms. The van der Waals surface area contributed by atoms with Crippen LogP contribution < -0.4 is 10.9 Å². The van der Waals surface area contributed by atoms with Crippen LogP contribution >= 0.6 is 23.4 Å². The molecule has 0 amide bonds. The van der Waals surface area contributed by atoms with Gasteiger partial charge in [0.15, 0.2) is 0 Å². The van der Waals surface area contributed by atoms with Crippen molar-refractivity contribution in [3.63, 3.8) is 0 Å². The molecule has 1 atom stereocenters. The topological polar surface area (TPSA) is 46.9 Å². The minimum atomic E-state index is -0.216. The van der Waals surface area contributed by atoms with Crippen molar-refractivity contribution in [1.29, 1.82) is 0 Å². The number of rotatable bonds is 7. The molecule has 0 aromatic carbocycles. The Bertz CT molecular complexity index is 436. The van der Waals surface area contributed by atoms with E-state index in [2.05, 4.69) is 24.3 Å². The summed E-state index contributed by atoms with van der Waals surface area (Å²) in [7, 11) is 0. The van der Waals surface area contributed by atoms with E-state index in [0.29, 0.717) is 12.2 Å². The van der Waals surface area contributed by atoms with Crippen LogP contribution in [-0.2, 0) is 6.54 Å². The van der Waals surface area contributed by atoms with Gasteiger partial charge in [-0.1, -0.05) is 24.9 Å². The number of aromatic nitrogens is 2. The zero-order valence-corrected chi connectivity index (χ0v) is 12.6. The van der Waals surface area contributed by atoms with Crippen molar-refractivity contribution in [2.45, 2.75) is 39.3 Å². The highest BCUT2D eigenvalue weighted by Crippen LogP contribution is 2.17. The average molecular weight is 290 g/mol. The highest BCUT2D eigenvalue weighted by molar-refractivity contribution is 7.98. The first-order chi connectivity index (χ1) is 8.60. The van der Waals surface area contributed by atoms with Gasteiger partial charge in [-0.2, -0.15) is 16.9 Å². The van der Waals surface area contributed by atoms with Gasteiger partial charge >= 0.3 is 0 Å². The highest BCUT2D eigenvalue weighted by Gasteiger charge is 2.10. The highest BCUT2D eigenvalue weighted by atomic mass is 35.5. The maximum absolute atomic E-state index is 12.0. The van der Waals surface area contributed by atoms with Gasteiger partial charge in [0.1, 0.15) is 5.02 Å². The third-order valence-corrected chi connectivity index (χ3v) is 3.73. The van der Waals surface area contributed by atoms with Crippen molar-refractivity contribution < 1.29 is 0 Å². The molecule has 0 fully saturated rings. The molecule has 4 nitrogen and oxygen atoms in total. The number of unbranched alkanes of at least 4 members (excludes halogenated alkanes) is 1. The quantitative estimate of drug-likeness (QED) is 0.838. The third-order valence-electron chi connectivity index (χ3n) is 2.53. The van der Waals surface area contributed by atoms with Crippen LogP contribution in [0.1, 0.15) is 26.7 Å². The fourth-order valence-electron chi connectivity index (χ4n) is 1.59. The van der Waals surface area contributed by atoms with E-state index in [0.717, 1.165) is 18.6 Å². The number of anilines is 1. The summed E-state index contributed by atoms with van der Waals surface area (Å²) in [6.07, 6.45) is 5.63. The number of thioether (sulfide) groups is 1. The molecule has 0 saturated heterocycles. The summed E-state index contributed by atoms with van der Waals surface area (Å²) in [5, 5.41) is 7.58. The zero-order valence-electron chi connectivity index (χ0n) is 11.1. The van der Waals surface area contributed by atoms with Crippen LogP contribution in [0.2, 0.25) is 5.02 Å². The maximum atomic E-state index is 12.0. The van der Waals surface area contributed by atoms with E-state index in [4.69, 9.17) is 11.6 Å². The Hall–Kier alpha value is -0.680. The minimum absolute atomic E-state index is 0.216. The first kappa shape index (κ1) is 15.4. The van der Waals surface area contributed by atoms with Gasteiger partial charge in [0.05, 0.1) is 11.9 Å². The summed E-state index contributed by atoms with van der Waals surface area (Å²) in [4.78, 5) is 12.0. The Labute approximate surface area is 117 Å². The Balaban J connectivity index is 2.83. The fraction of sp³-hybridized carbons (Fsp3) is 0.667. The lowest BCUT2D eigenvalue weighted by molar-refractivity contribution is 0.543. The van der Waals surface area contributed by atoms with Crippen molar-refractivity contribution in [3.8, 4) is 0 Å². The summed E-state index contributed by atoms with van der Waals surface area (Å²) in [6.45, 7) is 4.75. The smallest absolute Gasteiger partial charge is 0.287 e. The van der Waals surface area contributed by atoms with Crippen LogP contribution in [0, 0.1) is 0 Å². The second-order valence-electron chi connectivity index (χ2n) is 4.25. The van der Waals surface area contributed by atoms with Gasteiger partial charge in [-0.15, -0.1) is 0 Å². The SMILES string of the molecule is CCCCn1ncc(NC(C)CSC)c(Cl)c1=O. The average Bonchev–Trinajstić information content (AvgIpc) is 2.34. The Morgan fingerprint density at radius 2 is 2.33 bits per heavy atom. The Morgan fingerprint density at radius 3 is 2.94 bits per heavy atom. The molecular weight excluding hydrogens is 270 g/mol. The summed E-state index contributed by atoms with van der Waals surface area (Å²) < 4.78 is 1.43. The molecule has 102 valence electrons. The van der Waals surface area contributed by atoms with Gasteiger partial charge in [-0.25, -0.2) is 4.68 Å². The van der Waals surface area contributed by atoms with E-state index in [-0.39, 0.29) is 16.6 Å². The number of halogens is 1. The third kappa shape index (κ3) is 4.21. The van der Waals surface area contributed by atoms with E-state index in [1.807, 2.05) is 6.26 Å².